The Bertz CT molecular complexity index is 824. The summed E-state index contributed by atoms with van der Waals surface area (Å²) in [6.45, 7) is 12.0. The van der Waals surface area contributed by atoms with Crippen LogP contribution in [0.15, 0.2) is 18.2 Å². The second kappa shape index (κ2) is 10.9. The van der Waals surface area contributed by atoms with Gasteiger partial charge in [0, 0.05) is 18.2 Å². The van der Waals surface area contributed by atoms with E-state index in [-0.39, 0.29) is 18.7 Å². The van der Waals surface area contributed by atoms with Crippen LogP contribution in [0.5, 0.6) is 0 Å². The Balaban J connectivity index is 3.01. The second-order valence-corrected chi connectivity index (χ2v) is 8.69. The van der Waals surface area contributed by atoms with Gasteiger partial charge in [-0.1, -0.05) is 0 Å². The average molecular weight is 438 g/mol. The van der Waals surface area contributed by atoms with Gasteiger partial charge in [-0.25, -0.2) is 18.8 Å². The van der Waals surface area contributed by atoms with E-state index in [1.54, 1.807) is 48.5 Å². The van der Waals surface area contributed by atoms with E-state index in [4.69, 9.17) is 14.2 Å². The van der Waals surface area contributed by atoms with Gasteiger partial charge in [0.2, 0.25) is 0 Å². The maximum absolute atomic E-state index is 14.1. The van der Waals surface area contributed by atoms with Crippen LogP contribution >= 0.6 is 0 Å². The Morgan fingerprint density at radius 1 is 1.10 bits per heavy atom. The number of ether oxygens (including phenoxy) is 3. The SMILES string of the molecule is CCOC(=O)C(Cc1ccc(F)c(C=CC(=O)OC(C)(C)C)n1)NC(=O)OC(C)(C)C. The van der Waals surface area contributed by atoms with Crippen molar-refractivity contribution in [3.63, 3.8) is 0 Å². The average Bonchev–Trinajstić information content (AvgIpc) is 2.58. The van der Waals surface area contributed by atoms with E-state index in [9.17, 15) is 18.8 Å². The molecule has 8 nitrogen and oxygen atoms in total. The van der Waals surface area contributed by atoms with Gasteiger partial charge in [0.05, 0.1) is 12.3 Å². The number of esters is 2. The van der Waals surface area contributed by atoms with Crippen LogP contribution in [-0.4, -0.2) is 46.9 Å². The normalized spacial score (nSPS) is 12.9. The first-order valence-corrected chi connectivity index (χ1v) is 9.93. The molecule has 1 rings (SSSR count). The minimum absolute atomic E-state index is 0.0639. The van der Waals surface area contributed by atoms with Gasteiger partial charge in [-0.3, -0.25) is 4.98 Å². The molecule has 0 aliphatic carbocycles. The highest BCUT2D eigenvalue weighted by Gasteiger charge is 2.26. The van der Waals surface area contributed by atoms with Crippen molar-refractivity contribution in [1.29, 1.82) is 0 Å². The van der Waals surface area contributed by atoms with Crippen LogP contribution in [0, 0.1) is 5.82 Å². The van der Waals surface area contributed by atoms with Crippen molar-refractivity contribution in [3.8, 4) is 0 Å². The van der Waals surface area contributed by atoms with Gasteiger partial charge < -0.3 is 19.5 Å². The lowest BCUT2D eigenvalue weighted by Crippen LogP contribution is -2.45. The molecule has 9 heteroatoms. The lowest BCUT2D eigenvalue weighted by Gasteiger charge is -2.22. The van der Waals surface area contributed by atoms with Gasteiger partial charge >= 0.3 is 18.0 Å². The largest absolute Gasteiger partial charge is 0.464 e. The lowest BCUT2D eigenvalue weighted by atomic mass is 10.1. The van der Waals surface area contributed by atoms with E-state index in [2.05, 4.69) is 10.3 Å². The molecule has 1 amide bonds. The molecule has 0 saturated carbocycles. The number of rotatable bonds is 7. The van der Waals surface area contributed by atoms with Crippen molar-refractivity contribution in [1.82, 2.24) is 10.3 Å². The van der Waals surface area contributed by atoms with Crippen LogP contribution in [0.1, 0.15) is 59.9 Å². The summed E-state index contributed by atoms with van der Waals surface area (Å²) < 4.78 is 29.4. The Labute approximate surface area is 182 Å². The summed E-state index contributed by atoms with van der Waals surface area (Å²) in [7, 11) is 0. The van der Waals surface area contributed by atoms with Gasteiger partial charge in [0.25, 0.3) is 0 Å². The van der Waals surface area contributed by atoms with Crippen LogP contribution in [0.25, 0.3) is 6.08 Å². The molecule has 0 spiro atoms. The number of nitrogens with one attached hydrogen (secondary N) is 1. The third kappa shape index (κ3) is 10.6. The van der Waals surface area contributed by atoms with Crippen molar-refractivity contribution in [2.75, 3.05) is 6.61 Å². The van der Waals surface area contributed by atoms with Crippen molar-refractivity contribution in [3.05, 3.63) is 35.4 Å². The predicted molar refractivity (Wildman–Crippen MR) is 113 cm³/mol. The van der Waals surface area contributed by atoms with Gasteiger partial charge in [0.15, 0.2) is 0 Å². The number of aromatic nitrogens is 1. The second-order valence-electron chi connectivity index (χ2n) is 8.69. The van der Waals surface area contributed by atoms with Crippen LogP contribution in [0.4, 0.5) is 9.18 Å². The fraction of sp³-hybridized carbons (Fsp3) is 0.545. The van der Waals surface area contributed by atoms with Crippen LogP contribution < -0.4 is 5.32 Å². The molecule has 1 N–H and O–H groups in total. The molecule has 1 aromatic heterocycles. The molecule has 0 aliphatic rings. The van der Waals surface area contributed by atoms with Crippen LogP contribution in [-0.2, 0) is 30.2 Å². The number of carbonyl (C=O) groups is 3. The van der Waals surface area contributed by atoms with E-state index < -0.39 is 41.1 Å². The zero-order valence-corrected chi connectivity index (χ0v) is 19.1. The summed E-state index contributed by atoms with van der Waals surface area (Å²) in [5.41, 5.74) is -1.24. The molecule has 31 heavy (non-hydrogen) atoms. The molecule has 1 aromatic rings. The minimum atomic E-state index is -1.09. The third-order valence-corrected chi connectivity index (χ3v) is 3.39. The van der Waals surface area contributed by atoms with Crippen molar-refractivity contribution in [2.24, 2.45) is 0 Å². The van der Waals surface area contributed by atoms with Crippen molar-refractivity contribution in [2.45, 2.75) is 72.1 Å². The summed E-state index contributed by atoms with van der Waals surface area (Å²) in [5.74, 6) is -1.98. The summed E-state index contributed by atoms with van der Waals surface area (Å²) >= 11 is 0. The van der Waals surface area contributed by atoms with Crippen molar-refractivity contribution < 1.29 is 33.0 Å². The smallest absolute Gasteiger partial charge is 0.408 e. The lowest BCUT2D eigenvalue weighted by molar-refractivity contribution is -0.148. The van der Waals surface area contributed by atoms with E-state index in [1.165, 1.54) is 12.1 Å². The maximum atomic E-state index is 14.1. The molecule has 1 heterocycles. The fourth-order valence-electron chi connectivity index (χ4n) is 2.31. The molecule has 1 atom stereocenters. The highest BCUT2D eigenvalue weighted by molar-refractivity contribution is 5.87. The Morgan fingerprint density at radius 3 is 2.26 bits per heavy atom. The standard InChI is InChI=1S/C22H31FN2O6/c1-8-29-19(27)17(25-20(28)31-22(5,6)7)13-14-9-10-15(23)16(24-14)11-12-18(26)30-21(2,3)4/h9-12,17H,8,13H2,1-7H3,(H,25,28). The highest BCUT2D eigenvalue weighted by atomic mass is 19.1. The van der Waals surface area contributed by atoms with E-state index in [0.717, 1.165) is 12.1 Å². The Morgan fingerprint density at radius 2 is 1.71 bits per heavy atom. The third-order valence-electron chi connectivity index (χ3n) is 3.39. The Kier molecular flexibility index (Phi) is 9.15. The molecule has 0 aromatic carbocycles. The fourth-order valence-corrected chi connectivity index (χ4v) is 2.31. The first kappa shape index (κ1) is 26.1. The molecule has 0 bridgehead atoms. The zero-order valence-electron chi connectivity index (χ0n) is 19.1. The number of alkyl carbamates (subject to hydrolysis) is 1. The quantitative estimate of drug-likeness (QED) is 0.394. The van der Waals surface area contributed by atoms with Gasteiger partial charge in [-0.2, -0.15) is 0 Å². The molecular weight excluding hydrogens is 407 g/mol. The first-order valence-electron chi connectivity index (χ1n) is 9.93. The summed E-state index contributed by atoms with van der Waals surface area (Å²) in [5, 5.41) is 2.46. The number of amides is 1. The zero-order chi connectivity index (χ0) is 23.8. The van der Waals surface area contributed by atoms with Crippen molar-refractivity contribution >= 4 is 24.1 Å². The van der Waals surface area contributed by atoms with Crippen LogP contribution in [0.2, 0.25) is 0 Å². The Hall–Kier alpha value is -2.97. The topological polar surface area (TPSA) is 104 Å². The monoisotopic (exact) mass is 438 g/mol. The molecular formula is C22H31FN2O6. The number of hydrogen-bond acceptors (Lipinski definition) is 7. The number of carbonyl (C=O) groups excluding carboxylic acids is 3. The maximum Gasteiger partial charge on any atom is 0.408 e. The molecule has 0 fully saturated rings. The summed E-state index contributed by atoms with van der Waals surface area (Å²) in [6, 6.07) is 1.45. The van der Waals surface area contributed by atoms with E-state index >= 15 is 0 Å². The van der Waals surface area contributed by atoms with Gasteiger partial charge in [0.1, 0.15) is 23.1 Å². The molecule has 0 aliphatic heterocycles. The minimum Gasteiger partial charge on any atom is -0.464 e. The predicted octanol–water partition coefficient (Wildman–Crippen LogP) is 3.57. The number of pyridine rings is 1. The summed E-state index contributed by atoms with van der Waals surface area (Å²) in [6.07, 6.45) is 1.40. The first-order chi connectivity index (χ1) is 14.2. The molecule has 1 unspecified atom stereocenters. The van der Waals surface area contributed by atoms with Gasteiger partial charge in [-0.15, -0.1) is 0 Å². The highest BCUT2D eigenvalue weighted by Crippen LogP contribution is 2.13. The van der Waals surface area contributed by atoms with E-state index in [0.29, 0.717) is 5.69 Å². The number of hydrogen-bond donors (Lipinski definition) is 1. The number of halogens is 1. The molecule has 0 radical (unpaired) electrons. The molecule has 0 saturated heterocycles. The molecule has 172 valence electrons. The van der Waals surface area contributed by atoms with Crippen LogP contribution in [0.3, 0.4) is 0 Å². The van der Waals surface area contributed by atoms with E-state index in [1.807, 2.05) is 0 Å². The summed E-state index contributed by atoms with van der Waals surface area (Å²) in [4.78, 5) is 40.3. The van der Waals surface area contributed by atoms with Gasteiger partial charge in [-0.05, 0) is 66.7 Å². The number of nitrogens with zero attached hydrogens (tertiary/aromatic N) is 1.